The fourth-order valence-electron chi connectivity index (χ4n) is 3.91. The Morgan fingerprint density at radius 3 is 2.37 bits per heavy atom. The van der Waals surface area contributed by atoms with Crippen molar-refractivity contribution in [2.75, 3.05) is 18.4 Å². The van der Waals surface area contributed by atoms with E-state index in [1.807, 2.05) is 49.9 Å². The lowest BCUT2D eigenvalue weighted by Crippen LogP contribution is -2.45. The molecule has 1 saturated heterocycles. The van der Waals surface area contributed by atoms with Crippen molar-refractivity contribution in [3.63, 3.8) is 0 Å². The third-order valence-corrected chi connectivity index (χ3v) is 5.50. The van der Waals surface area contributed by atoms with Gasteiger partial charge in [0.25, 0.3) is 0 Å². The number of amides is 2. The van der Waals surface area contributed by atoms with Gasteiger partial charge in [0.05, 0.1) is 6.10 Å². The van der Waals surface area contributed by atoms with Gasteiger partial charge in [-0.25, -0.2) is 0 Å². The zero-order valence-electron chi connectivity index (χ0n) is 16.8. The summed E-state index contributed by atoms with van der Waals surface area (Å²) in [7, 11) is 0. The SMILES string of the molecule is CC(C)(C)C(=O)N1CCC(C(=O)Nc2cccc(OC3CCCC3)c2)CC1. The number of nitrogens with one attached hydrogen (secondary N) is 1. The molecule has 0 unspecified atom stereocenters. The Morgan fingerprint density at radius 1 is 1.07 bits per heavy atom. The van der Waals surface area contributed by atoms with E-state index in [2.05, 4.69) is 5.32 Å². The molecule has 0 aromatic heterocycles. The zero-order chi connectivity index (χ0) is 19.4. The van der Waals surface area contributed by atoms with E-state index < -0.39 is 0 Å². The molecular weight excluding hydrogens is 340 g/mol. The summed E-state index contributed by atoms with van der Waals surface area (Å²) in [5, 5.41) is 3.03. The molecule has 1 heterocycles. The molecule has 2 fully saturated rings. The number of hydrogen-bond donors (Lipinski definition) is 1. The van der Waals surface area contributed by atoms with Crippen LogP contribution in [0.5, 0.6) is 5.75 Å². The molecule has 0 radical (unpaired) electrons. The summed E-state index contributed by atoms with van der Waals surface area (Å²) < 4.78 is 6.02. The number of likely N-dealkylation sites (tertiary alicyclic amines) is 1. The molecule has 1 aromatic rings. The van der Waals surface area contributed by atoms with Gasteiger partial charge >= 0.3 is 0 Å². The second-order valence-electron chi connectivity index (χ2n) is 8.86. The summed E-state index contributed by atoms with van der Waals surface area (Å²) in [6.07, 6.45) is 6.43. The first kappa shape index (κ1) is 19.7. The Hall–Kier alpha value is -2.04. The molecule has 1 aliphatic carbocycles. The second-order valence-corrected chi connectivity index (χ2v) is 8.86. The lowest BCUT2D eigenvalue weighted by Gasteiger charge is -2.35. The first-order valence-corrected chi connectivity index (χ1v) is 10.2. The van der Waals surface area contributed by atoms with E-state index in [4.69, 9.17) is 4.74 Å². The third kappa shape index (κ3) is 5.24. The van der Waals surface area contributed by atoms with E-state index in [0.29, 0.717) is 32.0 Å². The largest absolute Gasteiger partial charge is 0.490 e. The number of hydrogen-bond acceptors (Lipinski definition) is 3. The Balaban J connectivity index is 1.51. The number of anilines is 1. The Morgan fingerprint density at radius 2 is 1.74 bits per heavy atom. The van der Waals surface area contributed by atoms with Gasteiger partial charge in [0, 0.05) is 36.2 Å². The van der Waals surface area contributed by atoms with Crippen LogP contribution in [0, 0.1) is 11.3 Å². The molecule has 2 amide bonds. The van der Waals surface area contributed by atoms with Crippen LogP contribution in [0.25, 0.3) is 0 Å². The Kier molecular flexibility index (Phi) is 6.08. The maximum Gasteiger partial charge on any atom is 0.227 e. The molecule has 5 nitrogen and oxygen atoms in total. The number of piperidine rings is 1. The fraction of sp³-hybridized carbons (Fsp3) is 0.636. The van der Waals surface area contributed by atoms with Crippen LogP contribution in [-0.2, 0) is 9.59 Å². The molecular formula is C22H32N2O3. The molecule has 148 valence electrons. The van der Waals surface area contributed by atoms with E-state index in [1.165, 1.54) is 12.8 Å². The summed E-state index contributed by atoms with van der Waals surface area (Å²) in [5.74, 6) is 0.979. The molecule has 1 saturated carbocycles. The van der Waals surface area contributed by atoms with Crippen LogP contribution in [-0.4, -0.2) is 35.9 Å². The number of ether oxygens (including phenoxy) is 1. The van der Waals surface area contributed by atoms with Crippen LogP contribution in [0.2, 0.25) is 0 Å². The standard InChI is InChI=1S/C22H32N2O3/c1-22(2,3)21(26)24-13-11-16(12-14-24)20(25)23-17-7-6-10-19(15-17)27-18-8-4-5-9-18/h6-7,10,15-16,18H,4-5,8-9,11-14H2,1-3H3,(H,23,25). The van der Waals surface area contributed by atoms with Crippen LogP contribution in [0.3, 0.4) is 0 Å². The van der Waals surface area contributed by atoms with Gasteiger partial charge in [-0.15, -0.1) is 0 Å². The smallest absolute Gasteiger partial charge is 0.227 e. The summed E-state index contributed by atoms with van der Waals surface area (Å²) in [5.41, 5.74) is 0.415. The van der Waals surface area contributed by atoms with Gasteiger partial charge in [-0.1, -0.05) is 26.8 Å². The van der Waals surface area contributed by atoms with Crippen molar-refractivity contribution in [2.45, 2.75) is 65.4 Å². The van der Waals surface area contributed by atoms with Gasteiger partial charge in [0.15, 0.2) is 0 Å². The lowest BCUT2D eigenvalue weighted by atomic mass is 9.90. The van der Waals surface area contributed by atoms with Crippen molar-refractivity contribution in [1.82, 2.24) is 4.90 Å². The highest BCUT2D eigenvalue weighted by atomic mass is 16.5. The average molecular weight is 373 g/mol. The minimum atomic E-state index is -0.366. The maximum atomic E-state index is 12.6. The van der Waals surface area contributed by atoms with Crippen molar-refractivity contribution in [3.05, 3.63) is 24.3 Å². The molecule has 5 heteroatoms. The van der Waals surface area contributed by atoms with Crippen LogP contribution >= 0.6 is 0 Å². The normalized spacial score (nSPS) is 19.1. The molecule has 3 rings (SSSR count). The lowest BCUT2D eigenvalue weighted by molar-refractivity contribution is -0.142. The quantitative estimate of drug-likeness (QED) is 0.860. The Bertz CT molecular complexity index is 666. The van der Waals surface area contributed by atoms with Crippen molar-refractivity contribution in [2.24, 2.45) is 11.3 Å². The number of benzene rings is 1. The summed E-state index contributed by atoms with van der Waals surface area (Å²) in [6.45, 7) is 7.12. The molecule has 2 aliphatic rings. The van der Waals surface area contributed by atoms with E-state index >= 15 is 0 Å². The van der Waals surface area contributed by atoms with Gasteiger partial charge in [-0.3, -0.25) is 9.59 Å². The van der Waals surface area contributed by atoms with Crippen molar-refractivity contribution in [3.8, 4) is 5.75 Å². The van der Waals surface area contributed by atoms with Gasteiger partial charge in [-0.2, -0.15) is 0 Å². The first-order chi connectivity index (χ1) is 12.8. The van der Waals surface area contributed by atoms with Gasteiger partial charge in [-0.05, 0) is 50.7 Å². The van der Waals surface area contributed by atoms with Crippen molar-refractivity contribution in [1.29, 1.82) is 0 Å². The number of rotatable bonds is 4. The molecule has 1 aliphatic heterocycles. The molecule has 27 heavy (non-hydrogen) atoms. The van der Waals surface area contributed by atoms with Gasteiger partial charge < -0.3 is 15.0 Å². The number of nitrogens with zero attached hydrogens (tertiary/aromatic N) is 1. The monoisotopic (exact) mass is 372 g/mol. The average Bonchev–Trinajstić information content (AvgIpc) is 3.13. The highest BCUT2D eigenvalue weighted by Crippen LogP contribution is 2.27. The number of carbonyl (C=O) groups is 2. The minimum absolute atomic E-state index is 0.0378. The van der Waals surface area contributed by atoms with Crippen LogP contribution in [0.1, 0.15) is 59.3 Å². The van der Waals surface area contributed by atoms with Crippen LogP contribution < -0.4 is 10.1 Å². The summed E-state index contributed by atoms with van der Waals surface area (Å²) in [6, 6.07) is 7.68. The van der Waals surface area contributed by atoms with Gasteiger partial charge in [0.2, 0.25) is 11.8 Å². The molecule has 1 aromatic carbocycles. The van der Waals surface area contributed by atoms with Crippen LogP contribution in [0.15, 0.2) is 24.3 Å². The molecule has 0 atom stereocenters. The molecule has 0 spiro atoms. The molecule has 1 N–H and O–H groups in total. The van der Waals surface area contributed by atoms with E-state index in [-0.39, 0.29) is 23.1 Å². The topological polar surface area (TPSA) is 58.6 Å². The van der Waals surface area contributed by atoms with Crippen molar-refractivity contribution >= 4 is 17.5 Å². The molecule has 0 bridgehead atoms. The maximum absolute atomic E-state index is 12.6. The number of carbonyl (C=O) groups excluding carboxylic acids is 2. The second kappa shape index (κ2) is 8.32. The summed E-state index contributed by atoms with van der Waals surface area (Å²) in [4.78, 5) is 26.9. The Labute approximate surface area is 162 Å². The highest BCUT2D eigenvalue weighted by Gasteiger charge is 2.32. The fourth-order valence-corrected chi connectivity index (χ4v) is 3.91. The first-order valence-electron chi connectivity index (χ1n) is 10.2. The predicted octanol–water partition coefficient (Wildman–Crippen LogP) is 4.23. The third-order valence-electron chi connectivity index (χ3n) is 5.50. The summed E-state index contributed by atoms with van der Waals surface area (Å²) >= 11 is 0. The highest BCUT2D eigenvalue weighted by molar-refractivity contribution is 5.93. The van der Waals surface area contributed by atoms with Crippen LogP contribution in [0.4, 0.5) is 5.69 Å². The van der Waals surface area contributed by atoms with E-state index in [1.54, 1.807) is 0 Å². The van der Waals surface area contributed by atoms with Crippen molar-refractivity contribution < 1.29 is 14.3 Å². The predicted molar refractivity (Wildman–Crippen MR) is 107 cm³/mol. The van der Waals surface area contributed by atoms with Gasteiger partial charge in [0.1, 0.15) is 5.75 Å². The van der Waals surface area contributed by atoms with E-state index in [9.17, 15) is 9.59 Å². The zero-order valence-corrected chi connectivity index (χ0v) is 16.8. The minimum Gasteiger partial charge on any atom is -0.490 e. The van der Waals surface area contributed by atoms with E-state index in [0.717, 1.165) is 24.3 Å².